The van der Waals surface area contributed by atoms with Gasteiger partial charge in [-0.2, -0.15) is 18.4 Å². The summed E-state index contributed by atoms with van der Waals surface area (Å²) in [4.78, 5) is 10.2. The van der Waals surface area contributed by atoms with E-state index in [1.807, 2.05) is 0 Å². The molecular weight excluding hydrogens is 221 g/mol. The van der Waals surface area contributed by atoms with Crippen molar-refractivity contribution in [2.75, 3.05) is 0 Å². The molecule has 0 fully saturated rings. The minimum Gasteiger partial charge on any atom is -0.329 e. The van der Waals surface area contributed by atoms with Crippen molar-refractivity contribution in [3.8, 4) is 6.07 Å². The molecule has 0 aliphatic carbocycles. The van der Waals surface area contributed by atoms with Crippen LogP contribution in [0.5, 0.6) is 0 Å². The summed E-state index contributed by atoms with van der Waals surface area (Å²) in [6.07, 6.45) is -5.02. The van der Waals surface area contributed by atoms with Gasteiger partial charge in [-0.25, -0.2) is 0 Å². The highest BCUT2D eigenvalue weighted by Gasteiger charge is 2.57. The minimum absolute atomic E-state index is 0.135. The van der Waals surface area contributed by atoms with E-state index >= 15 is 0 Å². The molecule has 1 N–H and O–H groups in total. The van der Waals surface area contributed by atoms with Gasteiger partial charge in [-0.15, -0.1) is 0 Å². The Morgan fingerprint density at radius 2 is 1.81 bits per heavy atom. The van der Waals surface area contributed by atoms with Crippen LogP contribution in [0.2, 0.25) is 0 Å². The zero-order valence-corrected chi connectivity index (χ0v) is 7.95. The fourth-order valence-corrected chi connectivity index (χ4v) is 1.27. The molecule has 1 unspecified atom stereocenters. The van der Waals surface area contributed by atoms with Crippen LogP contribution in [0.1, 0.15) is 5.56 Å². The standard InChI is InChI=1S/C10H7F3N2O/c11-10(12,13)9(6-14,15-7-16)8-4-2-1-3-5-8/h1-5,7H,(H,15,16). The number of alkyl halides is 3. The maximum atomic E-state index is 12.8. The number of halogens is 3. The summed E-state index contributed by atoms with van der Waals surface area (Å²) in [7, 11) is 0. The third-order valence-corrected chi connectivity index (χ3v) is 2.08. The number of nitrogens with zero attached hydrogens (tertiary/aromatic N) is 1. The predicted molar refractivity (Wildman–Crippen MR) is 49.0 cm³/mol. The molecular formula is C10H7F3N2O. The predicted octanol–water partition coefficient (Wildman–Crippen LogP) is 1.71. The minimum atomic E-state index is -4.88. The molecule has 0 aliphatic heterocycles. The number of amides is 1. The second-order valence-corrected chi connectivity index (χ2v) is 2.99. The Labute approximate surface area is 89.5 Å². The Hall–Kier alpha value is -2.03. The number of benzene rings is 1. The van der Waals surface area contributed by atoms with Gasteiger partial charge in [-0.3, -0.25) is 4.79 Å². The maximum Gasteiger partial charge on any atom is 0.429 e. The van der Waals surface area contributed by atoms with Crippen LogP contribution in [0.3, 0.4) is 0 Å². The number of rotatable bonds is 3. The first kappa shape index (κ1) is 12.0. The summed E-state index contributed by atoms with van der Waals surface area (Å²) in [5, 5.41) is 10.2. The first-order valence-electron chi connectivity index (χ1n) is 4.23. The lowest BCUT2D eigenvalue weighted by Gasteiger charge is -2.28. The fraction of sp³-hybridized carbons (Fsp3) is 0.200. The fourth-order valence-electron chi connectivity index (χ4n) is 1.27. The third kappa shape index (κ3) is 1.84. The lowest BCUT2D eigenvalue weighted by atomic mass is 9.91. The molecule has 0 saturated heterocycles. The second-order valence-electron chi connectivity index (χ2n) is 2.99. The first-order valence-corrected chi connectivity index (χ1v) is 4.23. The van der Waals surface area contributed by atoms with E-state index in [0.717, 1.165) is 18.2 Å². The SMILES string of the molecule is N#CC(NC=O)(c1ccccc1)C(F)(F)F. The molecule has 1 aromatic rings. The molecule has 0 spiro atoms. The largest absolute Gasteiger partial charge is 0.429 e. The molecule has 0 aromatic heterocycles. The molecule has 84 valence electrons. The number of carbonyl (C=O) groups is 1. The van der Waals surface area contributed by atoms with Crippen LogP contribution >= 0.6 is 0 Å². The van der Waals surface area contributed by atoms with Crippen LogP contribution in [-0.2, 0) is 10.3 Å². The van der Waals surface area contributed by atoms with Gasteiger partial charge in [0.15, 0.2) is 0 Å². The smallest absolute Gasteiger partial charge is 0.329 e. The lowest BCUT2D eigenvalue weighted by molar-refractivity contribution is -0.183. The third-order valence-electron chi connectivity index (χ3n) is 2.08. The van der Waals surface area contributed by atoms with Crippen LogP contribution in [-0.4, -0.2) is 12.6 Å². The Kier molecular flexibility index (Phi) is 3.18. The summed E-state index contributed by atoms with van der Waals surface area (Å²) in [5.41, 5.74) is -3.31. The van der Waals surface area contributed by atoms with Gasteiger partial charge in [0.25, 0.3) is 0 Å². The van der Waals surface area contributed by atoms with Crippen molar-refractivity contribution >= 4 is 6.41 Å². The quantitative estimate of drug-likeness (QED) is 0.801. The molecule has 1 atom stereocenters. The van der Waals surface area contributed by atoms with E-state index in [4.69, 9.17) is 5.26 Å². The average molecular weight is 228 g/mol. The Balaban J connectivity index is 3.36. The number of hydrogen-bond acceptors (Lipinski definition) is 2. The van der Waals surface area contributed by atoms with Crippen LogP contribution in [0.4, 0.5) is 13.2 Å². The topological polar surface area (TPSA) is 52.9 Å². The van der Waals surface area contributed by atoms with Gasteiger partial charge in [-0.05, 0) is 0 Å². The second kappa shape index (κ2) is 4.23. The normalized spacial score (nSPS) is 14.6. The van der Waals surface area contributed by atoms with Gasteiger partial charge in [0.1, 0.15) is 6.07 Å². The molecule has 0 saturated carbocycles. The molecule has 1 rings (SSSR count). The number of hydrogen-bond donors (Lipinski definition) is 1. The van der Waals surface area contributed by atoms with E-state index in [9.17, 15) is 18.0 Å². The average Bonchev–Trinajstić information content (AvgIpc) is 2.25. The molecule has 3 nitrogen and oxygen atoms in total. The monoisotopic (exact) mass is 228 g/mol. The molecule has 0 heterocycles. The van der Waals surface area contributed by atoms with E-state index < -0.39 is 11.7 Å². The zero-order valence-electron chi connectivity index (χ0n) is 7.95. The Morgan fingerprint density at radius 3 is 2.19 bits per heavy atom. The molecule has 16 heavy (non-hydrogen) atoms. The molecule has 0 bridgehead atoms. The van der Waals surface area contributed by atoms with Gasteiger partial charge in [-0.1, -0.05) is 30.3 Å². The van der Waals surface area contributed by atoms with E-state index in [-0.39, 0.29) is 12.0 Å². The number of nitrogens with one attached hydrogen (secondary N) is 1. The summed E-state index contributed by atoms with van der Waals surface area (Å²) in [5.74, 6) is 0. The molecule has 1 aromatic carbocycles. The lowest BCUT2D eigenvalue weighted by Crippen LogP contribution is -2.52. The number of carbonyl (C=O) groups excluding carboxylic acids is 1. The summed E-state index contributed by atoms with van der Waals surface area (Å²) < 4.78 is 38.4. The summed E-state index contributed by atoms with van der Waals surface area (Å²) in [6.45, 7) is 0. The van der Waals surface area contributed by atoms with Crippen molar-refractivity contribution in [1.29, 1.82) is 5.26 Å². The van der Waals surface area contributed by atoms with E-state index in [1.165, 1.54) is 23.5 Å². The molecule has 0 radical (unpaired) electrons. The number of nitriles is 1. The van der Waals surface area contributed by atoms with Crippen LogP contribution in [0.15, 0.2) is 30.3 Å². The highest BCUT2D eigenvalue weighted by Crippen LogP contribution is 2.37. The Morgan fingerprint density at radius 1 is 1.25 bits per heavy atom. The van der Waals surface area contributed by atoms with Crippen molar-refractivity contribution in [3.63, 3.8) is 0 Å². The van der Waals surface area contributed by atoms with Crippen LogP contribution in [0, 0.1) is 11.3 Å². The van der Waals surface area contributed by atoms with Crippen LogP contribution in [0.25, 0.3) is 0 Å². The van der Waals surface area contributed by atoms with Gasteiger partial charge in [0, 0.05) is 5.56 Å². The summed E-state index contributed by atoms with van der Waals surface area (Å²) in [6, 6.07) is 7.61. The highest BCUT2D eigenvalue weighted by atomic mass is 19.4. The zero-order chi connectivity index (χ0) is 12.2. The first-order chi connectivity index (χ1) is 7.48. The van der Waals surface area contributed by atoms with Gasteiger partial charge >= 0.3 is 6.18 Å². The van der Waals surface area contributed by atoms with Gasteiger partial charge in [0.2, 0.25) is 11.9 Å². The molecule has 1 amide bonds. The molecule has 6 heteroatoms. The van der Waals surface area contributed by atoms with Crippen molar-refractivity contribution in [2.45, 2.75) is 11.7 Å². The highest BCUT2D eigenvalue weighted by molar-refractivity contribution is 5.53. The Bertz CT molecular complexity index is 410. The maximum absolute atomic E-state index is 12.8. The van der Waals surface area contributed by atoms with Crippen molar-refractivity contribution in [2.24, 2.45) is 0 Å². The van der Waals surface area contributed by atoms with E-state index in [1.54, 1.807) is 0 Å². The summed E-state index contributed by atoms with van der Waals surface area (Å²) >= 11 is 0. The van der Waals surface area contributed by atoms with Crippen molar-refractivity contribution in [1.82, 2.24) is 5.32 Å². The van der Waals surface area contributed by atoms with Gasteiger partial charge < -0.3 is 5.32 Å². The van der Waals surface area contributed by atoms with Crippen molar-refractivity contribution in [3.05, 3.63) is 35.9 Å². The van der Waals surface area contributed by atoms with Crippen LogP contribution < -0.4 is 5.32 Å². The van der Waals surface area contributed by atoms with E-state index in [2.05, 4.69) is 0 Å². The molecule has 0 aliphatic rings. The van der Waals surface area contributed by atoms with Crippen molar-refractivity contribution < 1.29 is 18.0 Å². The van der Waals surface area contributed by atoms with Gasteiger partial charge in [0.05, 0.1) is 0 Å². The van der Waals surface area contributed by atoms with E-state index in [0.29, 0.717) is 0 Å².